The maximum absolute atomic E-state index is 11.1. The van der Waals surface area contributed by atoms with Crippen molar-refractivity contribution in [3.05, 3.63) is 27.2 Å². The lowest BCUT2D eigenvalue weighted by molar-refractivity contribution is 0.803. The van der Waals surface area contributed by atoms with Gasteiger partial charge in [-0.15, -0.1) is 0 Å². The van der Waals surface area contributed by atoms with Crippen molar-refractivity contribution in [3.8, 4) is 0 Å². The van der Waals surface area contributed by atoms with E-state index in [0.29, 0.717) is 5.16 Å². The van der Waals surface area contributed by atoms with E-state index in [2.05, 4.69) is 25.4 Å². The fourth-order valence-corrected chi connectivity index (χ4v) is 1.36. The van der Waals surface area contributed by atoms with Crippen LogP contribution in [0.1, 0.15) is 0 Å². The van der Waals surface area contributed by atoms with Crippen LogP contribution in [-0.4, -0.2) is 30.4 Å². The van der Waals surface area contributed by atoms with Crippen molar-refractivity contribution in [1.29, 1.82) is 0 Å². The van der Waals surface area contributed by atoms with Crippen molar-refractivity contribution in [1.82, 2.24) is 30.4 Å². The summed E-state index contributed by atoms with van der Waals surface area (Å²) in [6.07, 6.45) is 1.31. The Balaban J connectivity index is 2.35. The predicted molar refractivity (Wildman–Crippen MR) is 46.0 cm³/mol. The standard InChI is InChI=1S/C5H4N6O2S/c12-2-3(9-10-4(13)8-2)14-5-6-1-7-11-5/h1H,(H,6,7,11)(H2,8,10,12,13). The zero-order chi connectivity index (χ0) is 9.97. The molecule has 0 aliphatic rings. The van der Waals surface area contributed by atoms with Crippen LogP contribution in [0.2, 0.25) is 0 Å². The quantitative estimate of drug-likeness (QED) is 0.570. The Kier molecular flexibility index (Phi) is 2.14. The van der Waals surface area contributed by atoms with Crippen molar-refractivity contribution in [3.63, 3.8) is 0 Å². The molecule has 0 spiro atoms. The van der Waals surface area contributed by atoms with Crippen LogP contribution in [0.4, 0.5) is 0 Å². The minimum absolute atomic E-state index is 0.0985. The van der Waals surface area contributed by atoms with E-state index in [1.54, 1.807) is 0 Å². The molecule has 2 aromatic heterocycles. The Hall–Kier alpha value is -1.90. The fraction of sp³-hybridized carbons (Fsp3) is 0. The van der Waals surface area contributed by atoms with Gasteiger partial charge in [0, 0.05) is 0 Å². The first-order valence-corrected chi connectivity index (χ1v) is 4.29. The summed E-state index contributed by atoms with van der Waals surface area (Å²) in [4.78, 5) is 27.6. The van der Waals surface area contributed by atoms with Crippen LogP contribution in [0, 0.1) is 0 Å². The number of hydrogen-bond donors (Lipinski definition) is 3. The van der Waals surface area contributed by atoms with Crippen molar-refractivity contribution in [2.75, 3.05) is 0 Å². The summed E-state index contributed by atoms with van der Waals surface area (Å²) in [5.41, 5.74) is -1.20. The fourth-order valence-electron chi connectivity index (χ4n) is 0.741. The summed E-state index contributed by atoms with van der Waals surface area (Å²) in [5, 5.41) is 12.3. The summed E-state index contributed by atoms with van der Waals surface area (Å²) in [5.74, 6) is 0. The van der Waals surface area contributed by atoms with E-state index >= 15 is 0 Å². The summed E-state index contributed by atoms with van der Waals surface area (Å²) in [7, 11) is 0. The Morgan fingerprint density at radius 3 is 2.79 bits per heavy atom. The van der Waals surface area contributed by atoms with Crippen molar-refractivity contribution >= 4 is 11.8 Å². The highest BCUT2D eigenvalue weighted by Crippen LogP contribution is 2.16. The van der Waals surface area contributed by atoms with E-state index in [-0.39, 0.29) is 5.03 Å². The molecule has 0 radical (unpaired) electrons. The minimum atomic E-state index is -0.642. The summed E-state index contributed by atoms with van der Waals surface area (Å²) >= 11 is 0.975. The number of H-pyrrole nitrogens is 3. The van der Waals surface area contributed by atoms with Gasteiger partial charge in [-0.2, -0.15) is 10.2 Å². The van der Waals surface area contributed by atoms with Gasteiger partial charge >= 0.3 is 5.69 Å². The molecule has 0 bridgehead atoms. The molecule has 0 aliphatic heterocycles. The Labute approximate surface area is 80.2 Å². The maximum Gasteiger partial charge on any atom is 0.342 e. The molecule has 9 heteroatoms. The van der Waals surface area contributed by atoms with Crippen LogP contribution in [-0.2, 0) is 0 Å². The van der Waals surface area contributed by atoms with Crippen LogP contribution in [0.25, 0.3) is 0 Å². The van der Waals surface area contributed by atoms with Gasteiger partial charge < -0.3 is 0 Å². The van der Waals surface area contributed by atoms with Gasteiger partial charge in [0.1, 0.15) is 6.33 Å². The zero-order valence-corrected chi connectivity index (χ0v) is 7.46. The first-order chi connectivity index (χ1) is 6.75. The summed E-state index contributed by atoms with van der Waals surface area (Å²) < 4.78 is 0. The Morgan fingerprint density at radius 1 is 1.29 bits per heavy atom. The zero-order valence-electron chi connectivity index (χ0n) is 6.64. The van der Waals surface area contributed by atoms with Gasteiger partial charge in [0.15, 0.2) is 10.2 Å². The molecule has 0 fully saturated rings. The molecule has 8 nitrogen and oxygen atoms in total. The van der Waals surface area contributed by atoms with Crippen molar-refractivity contribution in [2.24, 2.45) is 0 Å². The van der Waals surface area contributed by atoms with Crippen LogP contribution in [0.3, 0.4) is 0 Å². The second kappa shape index (κ2) is 3.46. The molecule has 2 aromatic rings. The average molecular weight is 212 g/mol. The summed E-state index contributed by atoms with van der Waals surface area (Å²) in [6, 6.07) is 0. The van der Waals surface area contributed by atoms with Gasteiger partial charge in [-0.05, 0) is 11.8 Å². The number of nitrogens with zero attached hydrogens (tertiary/aromatic N) is 3. The molecule has 3 N–H and O–H groups in total. The van der Waals surface area contributed by atoms with Crippen LogP contribution in [0.5, 0.6) is 0 Å². The Morgan fingerprint density at radius 2 is 2.14 bits per heavy atom. The molecule has 0 unspecified atom stereocenters. The van der Waals surface area contributed by atoms with Gasteiger partial charge in [0.2, 0.25) is 0 Å². The molecule has 0 aliphatic carbocycles. The maximum atomic E-state index is 11.1. The smallest absolute Gasteiger partial charge is 0.271 e. The van der Waals surface area contributed by atoms with Crippen molar-refractivity contribution < 1.29 is 0 Å². The van der Waals surface area contributed by atoms with Crippen LogP contribution >= 0.6 is 11.8 Å². The molecule has 0 aromatic carbocycles. The topological polar surface area (TPSA) is 120 Å². The molecule has 72 valence electrons. The second-order valence-electron chi connectivity index (χ2n) is 2.20. The molecule has 14 heavy (non-hydrogen) atoms. The third-order valence-corrected chi connectivity index (χ3v) is 2.13. The van der Waals surface area contributed by atoms with E-state index < -0.39 is 11.2 Å². The third kappa shape index (κ3) is 1.71. The average Bonchev–Trinajstić information content (AvgIpc) is 2.62. The summed E-state index contributed by atoms with van der Waals surface area (Å²) in [6.45, 7) is 0. The third-order valence-electron chi connectivity index (χ3n) is 1.27. The lowest BCUT2D eigenvalue weighted by atomic mass is 10.8. The molecule has 0 amide bonds. The van der Waals surface area contributed by atoms with Crippen molar-refractivity contribution in [2.45, 2.75) is 10.2 Å². The predicted octanol–water partition coefficient (Wildman–Crippen LogP) is -1.27. The molecular formula is C5H4N6O2S. The van der Waals surface area contributed by atoms with E-state index in [4.69, 9.17) is 0 Å². The highest BCUT2D eigenvalue weighted by atomic mass is 32.2. The highest BCUT2D eigenvalue weighted by Gasteiger charge is 2.06. The first-order valence-electron chi connectivity index (χ1n) is 3.48. The monoisotopic (exact) mass is 212 g/mol. The minimum Gasteiger partial charge on any atom is -0.271 e. The molecule has 0 saturated heterocycles. The number of nitrogens with one attached hydrogen (secondary N) is 3. The highest BCUT2D eigenvalue weighted by molar-refractivity contribution is 7.99. The molecule has 2 heterocycles. The number of aromatic amines is 3. The van der Waals surface area contributed by atoms with Gasteiger partial charge in [-0.3, -0.25) is 14.9 Å². The van der Waals surface area contributed by atoms with E-state index in [0.717, 1.165) is 11.8 Å². The number of hydrogen-bond acceptors (Lipinski definition) is 6. The van der Waals surface area contributed by atoms with Crippen LogP contribution < -0.4 is 11.2 Å². The molecule has 0 saturated carbocycles. The van der Waals surface area contributed by atoms with Gasteiger partial charge in [-0.25, -0.2) is 14.9 Å². The van der Waals surface area contributed by atoms with Gasteiger partial charge in [0.25, 0.3) is 5.56 Å². The van der Waals surface area contributed by atoms with Gasteiger partial charge in [-0.1, -0.05) is 0 Å². The molecule has 2 rings (SSSR count). The van der Waals surface area contributed by atoms with E-state index in [9.17, 15) is 9.59 Å². The molecule has 0 atom stereocenters. The SMILES string of the molecule is O=c1[nH]nc(Sc2ncn[nH]2)c(=O)[nH]1. The largest absolute Gasteiger partial charge is 0.342 e. The van der Waals surface area contributed by atoms with E-state index in [1.807, 2.05) is 4.98 Å². The Bertz CT molecular complexity index is 528. The van der Waals surface area contributed by atoms with Crippen LogP contribution in [0.15, 0.2) is 26.1 Å². The second-order valence-corrected chi connectivity index (χ2v) is 3.18. The first kappa shape index (κ1) is 8.69. The van der Waals surface area contributed by atoms with Gasteiger partial charge in [0.05, 0.1) is 0 Å². The lowest BCUT2D eigenvalue weighted by Gasteiger charge is -1.92. The number of rotatable bonds is 2. The lowest BCUT2D eigenvalue weighted by Crippen LogP contribution is -2.24. The van der Waals surface area contributed by atoms with E-state index in [1.165, 1.54) is 6.33 Å². The molecular weight excluding hydrogens is 208 g/mol. The number of aromatic nitrogens is 6. The normalized spacial score (nSPS) is 10.3.